The molecule has 0 saturated heterocycles. The maximum Gasteiger partial charge on any atom is 0.329 e. The molecule has 2 amide bonds. The summed E-state index contributed by atoms with van der Waals surface area (Å²) < 4.78 is 34.3. The predicted octanol–water partition coefficient (Wildman–Crippen LogP) is 4.38. The van der Waals surface area contributed by atoms with Gasteiger partial charge in [-0.25, -0.2) is 18.2 Å². The number of sulfone groups is 1. The lowest BCUT2D eigenvalue weighted by Gasteiger charge is -2.15. The first-order valence-electron chi connectivity index (χ1n) is 9.80. The Bertz CT molecular complexity index is 1220. The first-order valence-corrected chi connectivity index (χ1v) is 12.5. The number of para-hydroxylation sites is 1. The number of aromatic nitrogens is 2. The SMILES string of the molecule is CCn1c(C)nc2cccc(NC(=O)NSc3cc(S(C)(=O)=O)ccc3OC(C)C)c21. The van der Waals surface area contributed by atoms with Crippen LogP contribution in [0, 0.1) is 6.92 Å². The summed E-state index contributed by atoms with van der Waals surface area (Å²) in [6.07, 6.45) is 1.03. The fourth-order valence-corrected chi connectivity index (χ4v) is 4.57. The number of imidazole rings is 1. The van der Waals surface area contributed by atoms with Crippen LogP contribution in [0.3, 0.4) is 0 Å². The number of carbonyl (C=O) groups is 1. The molecule has 0 bridgehead atoms. The highest BCUT2D eigenvalue weighted by Gasteiger charge is 2.16. The smallest absolute Gasteiger partial charge is 0.329 e. The third-order valence-corrected chi connectivity index (χ3v) is 6.42. The van der Waals surface area contributed by atoms with Crippen molar-refractivity contribution in [1.82, 2.24) is 14.3 Å². The van der Waals surface area contributed by atoms with E-state index in [-0.39, 0.29) is 11.0 Å². The molecule has 0 fully saturated rings. The van der Waals surface area contributed by atoms with E-state index in [1.807, 2.05) is 50.5 Å². The molecule has 0 spiro atoms. The van der Waals surface area contributed by atoms with Gasteiger partial charge in [0.05, 0.1) is 32.6 Å². The molecular weight excluding hydrogens is 436 g/mol. The van der Waals surface area contributed by atoms with E-state index in [1.165, 1.54) is 12.1 Å². The van der Waals surface area contributed by atoms with Crippen LogP contribution in [-0.4, -0.2) is 36.4 Å². The van der Waals surface area contributed by atoms with Crippen LogP contribution >= 0.6 is 11.9 Å². The quantitative estimate of drug-likeness (QED) is 0.505. The number of hydrogen-bond acceptors (Lipinski definition) is 6. The van der Waals surface area contributed by atoms with Crippen molar-refractivity contribution < 1.29 is 17.9 Å². The van der Waals surface area contributed by atoms with Gasteiger partial charge in [0.2, 0.25) is 0 Å². The minimum absolute atomic E-state index is 0.104. The molecule has 2 aromatic carbocycles. The van der Waals surface area contributed by atoms with E-state index in [2.05, 4.69) is 15.0 Å². The fourth-order valence-electron chi connectivity index (χ4n) is 3.19. The molecule has 1 aromatic heterocycles. The minimum atomic E-state index is -3.39. The molecule has 0 radical (unpaired) electrons. The average molecular weight is 463 g/mol. The van der Waals surface area contributed by atoms with Crippen LogP contribution in [0.1, 0.15) is 26.6 Å². The molecule has 8 nitrogen and oxygen atoms in total. The van der Waals surface area contributed by atoms with E-state index in [1.54, 1.807) is 6.07 Å². The lowest BCUT2D eigenvalue weighted by atomic mass is 10.2. The lowest BCUT2D eigenvalue weighted by Crippen LogP contribution is -2.23. The van der Waals surface area contributed by atoms with Gasteiger partial charge >= 0.3 is 6.03 Å². The number of nitrogens with zero attached hydrogens (tertiary/aromatic N) is 2. The van der Waals surface area contributed by atoms with Crippen LogP contribution in [0.25, 0.3) is 11.0 Å². The molecular formula is C21H26N4O4S2. The van der Waals surface area contributed by atoms with Crippen molar-refractivity contribution in [3.05, 3.63) is 42.2 Å². The maximum absolute atomic E-state index is 12.6. The Morgan fingerprint density at radius 1 is 1.26 bits per heavy atom. The monoisotopic (exact) mass is 462 g/mol. The molecule has 3 rings (SSSR count). The van der Waals surface area contributed by atoms with E-state index in [9.17, 15) is 13.2 Å². The van der Waals surface area contributed by atoms with Crippen molar-refractivity contribution in [3.63, 3.8) is 0 Å². The molecule has 0 unspecified atom stereocenters. The summed E-state index contributed by atoms with van der Waals surface area (Å²) in [4.78, 5) is 17.8. The Kier molecular flexibility index (Phi) is 6.80. The Morgan fingerprint density at radius 2 is 2.00 bits per heavy atom. The number of rotatable bonds is 7. The number of aryl methyl sites for hydroxylation is 2. The van der Waals surface area contributed by atoms with Gasteiger partial charge in [0.1, 0.15) is 11.6 Å². The second-order valence-corrected chi connectivity index (χ2v) is 10.1. The summed E-state index contributed by atoms with van der Waals surface area (Å²) >= 11 is 0.993. The number of fused-ring (bicyclic) bond motifs is 1. The molecule has 1 heterocycles. The molecule has 31 heavy (non-hydrogen) atoms. The van der Waals surface area contributed by atoms with Gasteiger partial charge in [0.25, 0.3) is 0 Å². The third-order valence-electron chi connectivity index (χ3n) is 4.48. The van der Waals surface area contributed by atoms with Gasteiger partial charge in [-0.3, -0.25) is 4.72 Å². The van der Waals surface area contributed by atoms with Crippen LogP contribution in [-0.2, 0) is 16.4 Å². The fraction of sp³-hybridized carbons (Fsp3) is 0.333. The third kappa shape index (κ3) is 5.31. The summed E-state index contributed by atoms with van der Waals surface area (Å²) in [5, 5.41) is 2.86. The maximum atomic E-state index is 12.6. The van der Waals surface area contributed by atoms with Crippen molar-refractivity contribution in [2.45, 2.75) is 50.1 Å². The van der Waals surface area contributed by atoms with Crippen molar-refractivity contribution >= 4 is 44.5 Å². The van der Waals surface area contributed by atoms with Crippen LogP contribution < -0.4 is 14.8 Å². The molecule has 10 heteroatoms. The number of benzene rings is 2. The second-order valence-electron chi connectivity index (χ2n) is 7.28. The molecule has 2 N–H and O–H groups in total. The van der Waals surface area contributed by atoms with E-state index in [4.69, 9.17) is 4.74 Å². The van der Waals surface area contributed by atoms with Crippen LogP contribution in [0.4, 0.5) is 10.5 Å². The van der Waals surface area contributed by atoms with Gasteiger partial charge in [-0.15, -0.1) is 0 Å². The average Bonchev–Trinajstić information content (AvgIpc) is 3.01. The molecule has 0 atom stereocenters. The normalized spacial score (nSPS) is 11.7. The van der Waals surface area contributed by atoms with Gasteiger partial charge < -0.3 is 14.6 Å². The molecule has 0 aliphatic rings. The zero-order chi connectivity index (χ0) is 22.8. The molecule has 0 aliphatic heterocycles. The van der Waals surface area contributed by atoms with Gasteiger partial charge in [-0.05, 0) is 70.0 Å². The highest BCUT2D eigenvalue weighted by atomic mass is 32.2. The largest absolute Gasteiger partial charge is 0.490 e. The number of amides is 2. The van der Waals surface area contributed by atoms with Crippen molar-refractivity contribution in [2.75, 3.05) is 11.6 Å². The summed E-state index contributed by atoms with van der Waals surface area (Å²) in [7, 11) is -3.39. The predicted molar refractivity (Wildman–Crippen MR) is 123 cm³/mol. The number of nitrogens with one attached hydrogen (secondary N) is 2. The first-order chi connectivity index (χ1) is 14.6. The van der Waals surface area contributed by atoms with Gasteiger partial charge in [-0.2, -0.15) is 0 Å². The van der Waals surface area contributed by atoms with Crippen LogP contribution in [0.5, 0.6) is 5.75 Å². The highest BCUT2D eigenvalue weighted by Crippen LogP contribution is 2.31. The van der Waals surface area contributed by atoms with Crippen LogP contribution in [0.15, 0.2) is 46.2 Å². The molecule has 3 aromatic rings. The summed E-state index contributed by atoms with van der Waals surface area (Å²) in [5.41, 5.74) is 2.30. The number of anilines is 1. The Morgan fingerprint density at radius 3 is 2.65 bits per heavy atom. The summed E-state index contributed by atoms with van der Waals surface area (Å²) in [6.45, 7) is 8.42. The molecule has 0 saturated carbocycles. The standard InChI is InChI=1S/C21H26N4O4S2/c1-6-25-14(4)22-16-8-7-9-17(20(16)25)23-21(26)24-30-19-12-15(31(5,27)28)10-11-18(19)29-13(2)3/h7-13H,6H2,1-5H3,(H2,23,24,26). The van der Waals surface area contributed by atoms with Gasteiger partial charge in [0, 0.05) is 12.8 Å². The van der Waals surface area contributed by atoms with Crippen molar-refractivity contribution in [1.29, 1.82) is 0 Å². The second kappa shape index (κ2) is 9.19. The Balaban J connectivity index is 1.82. The highest BCUT2D eigenvalue weighted by molar-refractivity contribution is 7.98. The molecule has 0 aliphatic carbocycles. The lowest BCUT2D eigenvalue weighted by molar-refractivity contribution is 0.236. The topological polar surface area (TPSA) is 102 Å². The van der Waals surface area contributed by atoms with Gasteiger partial charge in [0.15, 0.2) is 9.84 Å². The number of hydrogen-bond donors (Lipinski definition) is 2. The summed E-state index contributed by atoms with van der Waals surface area (Å²) in [5.74, 6) is 1.36. The minimum Gasteiger partial charge on any atom is -0.490 e. The van der Waals surface area contributed by atoms with E-state index in [0.717, 1.165) is 41.6 Å². The van der Waals surface area contributed by atoms with Crippen molar-refractivity contribution in [3.8, 4) is 5.75 Å². The Labute approximate surface area is 186 Å². The van der Waals surface area contributed by atoms with Gasteiger partial charge in [-0.1, -0.05) is 6.07 Å². The van der Waals surface area contributed by atoms with E-state index >= 15 is 0 Å². The van der Waals surface area contributed by atoms with E-state index in [0.29, 0.717) is 16.3 Å². The van der Waals surface area contributed by atoms with Crippen molar-refractivity contribution in [2.24, 2.45) is 0 Å². The van der Waals surface area contributed by atoms with Crippen LogP contribution in [0.2, 0.25) is 0 Å². The zero-order valence-corrected chi connectivity index (χ0v) is 19.7. The summed E-state index contributed by atoms with van der Waals surface area (Å²) in [6, 6.07) is 9.69. The Hall–Kier alpha value is -2.72. The zero-order valence-electron chi connectivity index (χ0n) is 18.1. The molecule has 166 valence electrons. The first kappa shape index (κ1) is 23.0. The number of ether oxygens (including phenoxy) is 1. The number of carbonyl (C=O) groups excluding carboxylic acids is 1. The van der Waals surface area contributed by atoms with E-state index < -0.39 is 15.9 Å². The number of urea groups is 1.